The molecule has 3 heteroatoms. The maximum atomic E-state index is 7.21. The summed E-state index contributed by atoms with van der Waals surface area (Å²) < 4.78 is 7.21. The Morgan fingerprint density at radius 1 is 0.806 bits per heavy atom. The first kappa shape index (κ1) is 22.0. The van der Waals surface area contributed by atoms with Crippen molar-refractivity contribution in [2.24, 2.45) is 5.92 Å². The molecule has 162 valence electrons. The minimum Gasteiger partial charge on any atom is -0.406 e. The minimum atomic E-state index is -2.47. The molecule has 0 aromatic heterocycles. The molecule has 0 N–H and O–H groups in total. The smallest absolute Gasteiger partial charge is 0.261 e. The third-order valence-electron chi connectivity index (χ3n) is 6.76. The highest BCUT2D eigenvalue weighted by Crippen LogP contribution is 2.38. The topological polar surface area (TPSA) is 12.5 Å². The van der Waals surface area contributed by atoms with Gasteiger partial charge in [-0.25, -0.2) is 0 Å². The van der Waals surface area contributed by atoms with E-state index in [0.29, 0.717) is 12.0 Å². The van der Waals surface area contributed by atoms with E-state index in [4.69, 9.17) is 4.43 Å². The van der Waals surface area contributed by atoms with Crippen LogP contribution in [0, 0.1) is 5.92 Å². The van der Waals surface area contributed by atoms with Crippen molar-refractivity contribution in [1.29, 1.82) is 0 Å². The lowest BCUT2D eigenvalue weighted by atomic mass is 9.90. The Kier molecular flexibility index (Phi) is 6.47. The molecule has 4 rings (SSSR count). The van der Waals surface area contributed by atoms with Gasteiger partial charge in [-0.2, -0.15) is 0 Å². The number of hydrogen-bond acceptors (Lipinski definition) is 2. The maximum absolute atomic E-state index is 7.21. The fourth-order valence-electron chi connectivity index (χ4n) is 5.09. The molecule has 0 unspecified atom stereocenters. The molecule has 1 saturated heterocycles. The van der Waals surface area contributed by atoms with Gasteiger partial charge < -0.3 is 4.43 Å². The van der Waals surface area contributed by atoms with Crippen molar-refractivity contribution in [2.75, 3.05) is 13.2 Å². The Hall–Kier alpha value is -2.20. The van der Waals surface area contributed by atoms with E-state index in [1.807, 2.05) is 0 Å². The molecular weight excluding hydrogens is 394 g/mol. The van der Waals surface area contributed by atoms with Gasteiger partial charge in [0.2, 0.25) is 0 Å². The SMILES string of the molecule is C[C@@H]1CN(Cc2ccccc2)[C@@H]1CO[Si](c1ccccc1)(c1ccccc1)C(C)(C)C. The van der Waals surface area contributed by atoms with Crippen molar-refractivity contribution >= 4 is 18.7 Å². The van der Waals surface area contributed by atoms with Crippen LogP contribution in [0.25, 0.3) is 0 Å². The molecule has 1 heterocycles. The quantitative estimate of drug-likeness (QED) is 0.486. The van der Waals surface area contributed by atoms with Crippen LogP contribution < -0.4 is 10.4 Å². The molecule has 1 aliphatic rings. The predicted molar refractivity (Wildman–Crippen MR) is 133 cm³/mol. The largest absolute Gasteiger partial charge is 0.406 e. The standard InChI is InChI=1S/C28H35NOSi/c1-23-20-29(21-24-14-8-5-9-15-24)27(23)22-30-31(28(2,3)4,25-16-10-6-11-17-25)26-18-12-7-13-19-26/h5-19,23,27H,20-22H2,1-4H3/t23-,27-/m1/s1. The van der Waals surface area contributed by atoms with Gasteiger partial charge >= 0.3 is 0 Å². The molecule has 0 bridgehead atoms. The van der Waals surface area contributed by atoms with Gasteiger partial charge in [0, 0.05) is 19.1 Å². The summed E-state index contributed by atoms with van der Waals surface area (Å²) in [4.78, 5) is 2.58. The molecule has 1 fully saturated rings. The second-order valence-corrected chi connectivity index (χ2v) is 14.2. The monoisotopic (exact) mass is 429 g/mol. The van der Waals surface area contributed by atoms with E-state index in [1.165, 1.54) is 15.9 Å². The lowest BCUT2D eigenvalue weighted by Crippen LogP contribution is -2.68. The van der Waals surface area contributed by atoms with E-state index in [-0.39, 0.29) is 5.04 Å². The molecule has 3 aromatic rings. The molecular formula is C28H35NOSi. The van der Waals surface area contributed by atoms with Crippen molar-refractivity contribution in [3.63, 3.8) is 0 Å². The van der Waals surface area contributed by atoms with Crippen LogP contribution in [0.3, 0.4) is 0 Å². The summed E-state index contributed by atoms with van der Waals surface area (Å²) in [6.45, 7) is 12.3. The first-order chi connectivity index (χ1) is 14.9. The van der Waals surface area contributed by atoms with E-state index in [1.54, 1.807) is 0 Å². The van der Waals surface area contributed by atoms with E-state index >= 15 is 0 Å². The Bertz CT molecular complexity index is 913. The highest BCUT2D eigenvalue weighted by Gasteiger charge is 2.51. The Morgan fingerprint density at radius 3 is 1.74 bits per heavy atom. The summed E-state index contributed by atoms with van der Waals surface area (Å²) in [5.74, 6) is 0.655. The van der Waals surface area contributed by atoms with Gasteiger partial charge in [0.25, 0.3) is 8.32 Å². The highest BCUT2D eigenvalue weighted by atomic mass is 28.4. The van der Waals surface area contributed by atoms with Crippen LogP contribution in [0.15, 0.2) is 91.0 Å². The number of hydrogen-bond donors (Lipinski definition) is 0. The number of likely N-dealkylation sites (tertiary alicyclic amines) is 1. The molecule has 0 aliphatic carbocycles. The fraction of sp³-hybridized carbons (Fsp3) is 0.357. The first-order valence-electron chi connectivity index (χ1n) is 11.4. The summed E-state index contributed by atoms with van der Waals surface area (Å²) in [6.07, 6.45) is 0. The Morgan fingerprint density at radius 2 is 1.29 bits per heavy atom. The van der Waals surface area contributed by atoms with E-state index in [0.717, 1.165) is 19.7 Å². The van der Waals surface area contributed by atoms with Gasteiger partial charge in [0.15, 0.2) is 0 Å². The third kappa shape index (κ3) is 4.41. The van der Waals surface area contributed by atoms with Crippen molar-refractivity contribution in [3.05, 3.63) is 96.6 Å². The molecule has 0 saturated carbocycles. The average Bonchev–Trinajstić information content (AvgIpc) is 2.77. The molecule has 0 spiro atoms. The number of rotatable bonds is 7. The summed E-state index contributed by atoms with van der Waals surface area (Å²) in [5, 5.41) is 2.73. The second-order valence-electron chi connectivity index (χ2n) is 9.93. The van der Waals surface area contributed by atoms with Crippen LogP contribution in [0.1, 0.15) is 33.3 Å². The third-order valence-corrected chi connectivity index (χ3v) is 11.8. The van der Waals surface area contributed by atoms with Crippen molar-refractivity contribution < 1.29 is 4.43 Å². The van der Waals surface area contributed by atoms with Crippen LogP contribution in [0.5, 0.6) is 0 Å². The molecule has 2 atom stereocenters. The van der Waals surface area contributed by atoms with Crippen LogP contribution in [0.2, 0.25) is 5.04 Å². The van der Waals surface area contributed by atoms with E-state index in [2.05, 4.69) is 124 Å². The summed E-state index contributed by atoms with van der Waals surface area (Å²) in [6, 6.07) is 33.2. The van der Waals surface area contributed by atoms with Gasteiger partial charge in [-0.1, -0.05) is 119 Å². The molecule has 1 aliphatic heterocycles. The lowest BCUT2D eigenvalue weighted by molar-refractivity contribution is -0.0134. The molecule has 3 aromatic carbocycles. The van der Waals surface area contributed by atoms with E-state index < -0.39 is 8.32 Å². The zero-order chi connectivity index (χ0) is 21.9. The summed E-state index contributed by atoms with van der Waals surface area (Å²) in [5.41, 5.74) is 1.38. The van der Waals surface area contributed by atoms with Gasteiger partial charge in [-0.05, 0) is 26.9 Å². The predicted octanol–water partition coefficient (Wildman–Crippen LogP) is 5.08. The van der Waals surface area contributed by atoms with Crippen LogP contribution in [-0.4, -0.2) is 32.4 Å². The van der Waals surface area contributed by atoms with Crippen LogP contribution in [-0.2, 0) is 11.0 Å². The van der Waals surface area contributed by atoms with Gasteiger partial charge in [0.1, 0.15) is 0 Å². The van der Waals surface area contributed by atoms with E-state index in [9.17, 15) is 0 Å². The minimum absolute atomic E-state index is 0.0208. The molecule has 2 nitrogen and oxygen atoms in total. The zero-order valence-corrected chi connectivity index (χ0v) is 20.3. The van der Waals surface area contributed by atoms with Crippen LogP contribution >= 0.6 is 0 Å². The van der Waals surface area contributed by atoms with Gasteiger partial charge in [-0.3, -0.25) is 4.90 Å². The van der Waals surface area contributed by atoms with Gasteiger partial charge in [0.05, 0.1) is 6.61 Å². The average molecular weight is 430 g/mol. The summed E-state index contributed by atoms with van der Waals surface area (Å²) in [7, 11) is -2.47. The van der Waals surface area contributed by atoms with Crippen molar-refractivity contribution in [1.82, 2.24) is 4.90 Å². The highest BCUT2D eigenvalue weighted by molar-refractivity contribution is 6.99. The van der Waals surface area contributed by atoms with Crippen molar-refractivity contribution in [3.8, 4) is 0 Å². The van der Waals surface area contributed by atoms with Crippen molar-refractivity contribution in [2.45, 2.75) is 45.3 Å². The maximum Gasteiger partial charge on any atom is 0.261 e. The number of nitrogens with zero attached hydrogens (tertiary/aromatic N) is 1. The zero-order valence-electron chi connectivity index (χ0n) is 19.3. The molecule has 0 amide bonds. The van der Waals surface area contributed by atoms with Gasteiger partial charge in [-0.15, -0.1) is 0 Å². The second kappa shape index (κ2) is 9.11. The van der Waals surface area contributed by atoms with Crippen LogP contribution in [0.4, 0.5) is 0 Å². The fourth-order valence-corrected chi connectivity index (χ4v) is 9.67. The molecule has 0 radical (unpaired) electrons. The number of benzene rings is 3. The molecule has 31 heavy (non-hydrogen) atoms. The summed E-state index contributed by atoms with van der Waals surface area (Å²) >= 11 is 0. The normalized spacial score (nSPS) is 19.7. The Labute approximate surface area is 189 Å². The lowest BCUT2D eigenvalue weighted by Gasteiger charge is -2.50. The first-order valence-corrected chi connectivity index (χ1v) is 13.4. The Balaban J connectivity index is 1.64.